The number of ether oxygens (including phenoxy) is 3. The Balaban J connectivity index is 1.62. The van der Waals surface area contributed by atoms with E-state index in [0.29, 0.717) is 30.6 Å². The van der Waals surface area contributed by atoms with Crippen molar-refractivity contribution in [2.24, 2.45) is 11.8 Å². The maximum Gasteiger partial charge on any atom is 0.406 e. The highest BCUT2D eigenvalue weighted by molar-refractivity contribution is 6.30. The molecule has 2 aliphatic rings. The minimum absolute atomic E-state index is 0.0239. The van der Waals surface area contributed by atoms with Crippen LogP contribution in [0.1, 0.15) is 43.8 Å². The van der Waals surface area contributed by atoms with Crippen molar-refractivity contribution in [3.63, 3.8) is 0 Å². The third-order valence-corrected chi connectivity index (χ3v) is 7.18. The van der Waals surface area contributed by atoms with Gasteiger partial charge in [0.15, 0.2) is 0 Å². The average molecular weight is 525 g/mol. The molecule has 202 valence electrons. The summed E-state index contributed by atoms with van der Waals surface area (Å²) >= 11 is 6.28. The van der Waals surface area contributed by atoms with Crippen molar-refractivity contribution < 1.29 is 23.8 Å². The molecule has 1 aromatic carbocycles. The smallest absolute Gasteiger partial charge is 0.406 e. The topological polar surface area (TPSA) is 101 Å². The van der Waals surface area contributed by atoms with Gasteiger partial charge in [-0.05, 0) is 62.8 Å². The van der Waals surface area contributed by atoms with Crippen LogP contribution in [0.15, 0.2) is 24.3 Å². The van der Waals surface area contributed by atoms with E-state index in [9.17, 15) is 9.59 Å². The average Bonchev–Trinajstić information content (AvgIpc) is 2.89. The number of piperidine rings is 1. The van der Waals surface area contributed by atoms with E-state index in [1.54, 1.807) is 0 Å². The maximum absolute atomic E-state index is 13.3. The molecule has 0 bridgehead atoms. The molecule has 1 unspecified atom stereocenters. The number of benzene rings is 1. The molecule has 9 nitrogen and oxygen atoms in total. The summed E-state index contributed by atoms with van der Waals surface area (Å²) in [5.74, 6) is 0.685. The Morgan fingerprint density at radius 3 is 2.78 bits per heavy atom. The number of hydrogen-bond acceptors (Lipinski definition) is 6. The summed E-state index contributed by atoms with van der Waals surface area (Å²) in [6, 6.07) is 7.71. The molecule has 0 radical (unpaired) electrons. The normalized spacial score (nSPS) is 20.4. The number of alkyl carbamates (subject to hydrolysis) is 1. The SMILES string of the molecule is CNC[C@@H](CC1CCOCC1)NC(=O)N1CCC[C@@H](C(OCCNC(=O)OC)c2cccc(Cl)c2)C1. The molecule has 3 atom stereocenters. The van der Waals surface area contributed by atoms with Crippen molar-refractivity contribution in [1.82, 2.24) is 20.9 Å². The number of likely N-dealkylation sites (tertiary alicyclic amines) is 1. The Hall–Kier alpha value is -2.07. The molecule has 0 aliphatic carbocycles. The van der Waals surface area contributed by atoms with E-state index in [4.69, 9.17) is 21.1 Å². The summed E-state index contributed by atoms with van der Waals surface area (Å²) in [5.41, 5.74) is 0.973. The molecule has 2 fully saturated rings. The van der Waals surface area contributed by atoms with Crippen LogP contribution < -0.4 is 16.0 Å². The fraction of sp³-hybridized carbons (Fsp3) is 0.692. The Bertz CT molecular complexity index is 823. The fourth-order valence-corrected chi connectivity index (χ4v) is 5.33. The van der Waals surface area contributed by atoms with Gasteiger partial charge in [0.25, 0.3) is 0 Å². The van der Waals surface area contributed by atoms with E-state index in [1.165, 1.54) is 7.11 Å². The van der Waals surface area contributed by atoms with Crippen LogP contribution in [0, 0.1) is 11.8 Å². The summed E-state index contributed by atoms with van der Waals surface area (Å²) in [7, 11) is 3.25. The predicted molar refractivity (Wildman–Crippen MR) is 139 cm³/mol. The Labute approximate surface area is 219 Å². The molecule has 0 saturated carbocycles. The van der Waals surface area contributed by atoms with Crippen LogP contribution in [0.3, 0.4) is 0 Å². The molecule has 3 amide bonds. The highest BCUT2D eigenvalue weighted by Gasteiger charge is 2.32. The second kappa shape index (κ2) is 15.2. The van der Waals surface area contributed by atoms with Crippen LogP contribution in [0.2, 0.25) is 5.02 Å². The van der Waals surface area contributed by atoms with Gasteiger partial charge in [-0.2, -0.15) is 0 Å². The number of nitrogens with one attached hydrogen (secondary N) is 3. The summed E-state index contributed by atoms with van der Waals surface area (Å²) in [5, 5.41) is 9.79. The van der Waals surface area contributed by atoms with E-state index in [0.717, 1.165) is 64.0 Å². The van der Waals surface area contributed by atoms with Gasteiger partial charge in [-0.25, -0.2) is 9.59 Å². The lowest BCUT2D eigenvalue weighted by Crippen LogP contribution is -2.52. The lowest BCUT2D eigenvalue weighted by Gasteiger charge is -2.38. The number of nitrogens with zero attached hydrogens (tertiary/aromatic N) is 1. The number of likely N-dealkylation sites (N-methyl/N-ethyl adjacent to an activating group) is 1. The zero-order valence-corrected chi connectivity index (χ0v) is 22.2. The summed E-state index contributed by atoms with van der Waals surface area (Å²) in [6.45, 7) is 4.32. The number of halogens is 1. The third kappa shape index (κ3) is 9.10. The second-order valence-corrected chi connectivity index (χ2v) is 10.0. The maximum atomic E-state index is 13.3. The van der Waals surface area contributed by atoms with Crippen LogP contribution >= 0.6 is 11.6 Å². The first kappa shape index (κ1) is 28.5. The Kier molecular flexibility index (Phi) is 12.1. The minimum Gasteiger partial charge on any atom is -0.453 e. The molecule has 2 heterocycles. The first-order valence-corrected chi connectivity index (χ1v) is 13.3. The van der Waals surface area contributed by atoms with Crippen LogP contribution in [0.25, 0.3) is 0 Å². The van der Waals surface area contributed by atoms with Crippen LogP contribution in [0.4, 0.5) is 9.59 Å². The van der Waals surface area contributed by atoms with Gasteiger partial charge in [0, 0.05) is 56.4 Å². The molecule has 2 saturated heterocycles. The standard InChI is InChI=1S/C26H41ClN4O5/c1-28-17-23(15-19-8-12-35-13-9-19)30-25(32)31-11-4-6-21(18-31)24(20-5-3-7-22(27)16-20)36-14-10-29-26(33)34-2/h3,5,7,16,19,21,23-24,28H,4,6,8-15,17-18H2,1-2H3,(H,29,33)(H,30,32)/t21-,23-,24?/m1/s1. The molecular formula is C26H41ClN4O5. The minimum atomic E-state index is -0.490. The number of carbonyl (C=O) groups excluding carboxylic acids is 2. The molecule has 1 aromatic rings. The monoisotopic (exact) mass is 524 g/mol. The van der Waals surface area contributed by atoms with Gasteiger partial charge < -0.3 is 35.1 Å². The summed E-state index contributed by atoms with van der Waals surface area (Å²) in [4.78, 5) is 26.6. The van der Waals surface area contributed by atoms with E-state index >= 15 is 0 Å². The van der Waals surface area contributed by atoms with Crippen molar-refractivity contribution >= 4 is 23.7 Å². The van der Waals surface area contributed by atoms with Crippen molar-refractivity contribution in [1.29, 1.82) is 0 Å². The highest BCUT2D eigenvalue weighted by Crippen LogP contribution is 2.34. The van der Waals surface area contributed by atoms with Crippen molar-refractivity contribution in [3.8, 4) is 0 Å². The number of carbonyl (C=O) groups is 2. The molecule has 36 heavy (non-hydrogen) atoms. The Morgan fingerprint density at radius 1 is 1.25 bits per heavy atom. The Morgan fingerprint density at radius 2 is 2.06 bits per heavy atom. The van der Waals surface area contributed by atoms with Gasteiger partial charge in [0.1, 0.15) is 0 Å². The van der Waals surface area contributed by atoms with Gasteiger partial charge in [-0.15, -0.1) is 0 Å². The lowest BCUT2D eigenvalue weighted by atomic mass is 9.88. The van der Waals surface area contributed by atoms with Gasteiger partial charge in [-0.1, -0.05) is 23.7 Å². The largest absolute Gasteiger partial charge is 0.453 e. The molecule has 0 aromatic heterocycles. The van der Waals surface area contributed by atoms with Crippen molar-refractivity contribution in [2.45, 2.75) is 44.2 Å². The van der Waals surface area contributed by atoms with Crippen molar-refractivity contribution in [3.05, 3.63) is 34.9 Å². The highest BCUT2D eigenvalue weighted by atomic mass is 35.5. The van der Waals surface area contributed by atoms with Crippen LogP contribution in [-0.2, 0) is 14.2 Å². The van der Waals surface area contributed by atoms with E-state index in [1.807, 2.05) is 36.2 Å². The van der Waals surface area contributed by atoms with E-state index < -0.39 is 6.09 Å². The molecule has 2 aliphatic heterocycles. The van der Waals surface area contributed by atoms with Crippen LogP contribution in [0.5, 0.6) is 0 Å². The lowest BCUT2D eigenvalue weighted by molar-refractivity contribution is -0.00868. The van der Waals surface area contributed by atoms with Crippen molar-refractivity contribution in [2.75, 3.05) is 60.2 Å². The van der Waals surface area contributed by atoms with Gasteiger partial charge in [-0.3, -0.25) is 0 Å². The van der Waals surface area contributed by atoms with Gasteiger partial charge >= 0.3 is 12.1 Å². The third-order valence-electron chi connectivity index (χ3n) is 6.94. The number of urea groups is 1. The van der Waals surface area contributed by atoms with E-state index in [2.05, 4.69) is 20.7 Å². The molecular weight excluding hydrogens is 484 g/mol. The molecule has 3 rings (SSSR count). The second-order valence-electron chi connectivity index (χ2n) is 9.61. The first-order valence-electron chi connectivity index (χ1n) is 13.0. The molecule has 3 N–H and O–H groups in total. The molecule has 10 heteroatoms. The number of rotatable bonds is 11. The van der Waals surface area contributed by atoms with Gasteiger partial charge in [0.05, 0.1) is 19.8 Å². The quantitative estimate of drug-likeness (QED) is 0.382. The fourth-order valence-electron chi connectivity index (χ4n) is 5.13. The van der Waals surface area contributed by atoms with E-state index in [-0.39, 0.29) is 24.1 Å². The molecule has 0 spiro atoms. The first-order chi connectivity index (χ1) is 17.5. The zero-order chi connectivity index (χ0) is 25.8. The van der Waals surface area contributed by atoms with Gasteiger partial charge in [0.2, 0.25) is 0 Å². The number of hydrogen-bond donors (Lipinski definition) is 3. The summed E-state index contributed by atoms with van der Waals surface area (Å²) in [6.07, 6.45) is 4.15. The van der Waals surface area contributed by atoms with Crippen LogP contribution in [-0.4, -0.2) is 83.2 Å². The predicted octanol–water partition coefficient (Wildman–Crippen LogP) is 3.58. The number of amides is 3. The number of methoxy groups -OCH3 is 1. The zero-order valence-electron chi connectivity index (χ0n) is 21.5. The summed E-state index contributed by atoms with van der Waals surface area (Å²) < 4.78 is 16.4.